The van der Waals surface area contributed by atoms with Crippen LogP contribution in [0.2, 0.25) is 0 Å². The number of nitrogens with zero attached hydrogens (tertiary/aromatic N) is 3. The largest absolute Gasteiger partial charge is 0.463 e. The van der Waals surface area contributed by atoms with Gasteiger partial charge in [-0.15, -0.1) is 5.10 Å². The van der Waals surface area contributed by atoms with Crippen LogP contribution in [0.5, 0.6) is 0 Å². The summed E-state index contributed by atoms with van der Waals surface area (Å²) < 4.78 is 28.7. The number of aromatic nitrogens is 3. The molecule has 1 saturated heterocycles. The fourth-order valence-corrected chi connectivity index (χ4v) is 3.47. The minimum atomic E-state index is -1.26. The molecule has 1 aliphatic heterocycles. The second kappa shape index (κ2) is 11.4. The number of aryl methyl sites for hydroxylation is 1. The van der Waals surface area contributed by atoms with Gasteiger partial charge < -0.3 is 23.7 Å². The first-order valence-electron chi connectivity index (χ1n) is 11.0. The number of hydrogen-bond donors (Lipinski definition) is 0. The van der Waals surface area contributed by atoms with Gasteiger partial charge >= 0.3 is 23.9 Å². The fraction of sp³-hybridized carbons (Fsp3) is 0.727. The smallest absolute Gasteiger partial charge is 0.303 e. The molecule has 12 heteroatoms. The summed E-state index contributed by atoms with van der Waals surface area (Å²) in [5.41, 5.74) is 0.765. The zero-order valence-corrected chi connectivity index (χ0v) is 20.6. The highest BCUT2D eigenvalue weighted by Gasteiger charge is 2.53. The van der Waals surface area contributed by atoms with E-state index in [0.29, 0.717) is 12.1 Å². The second-order valence-electron chi connectivity index (χ2n) is 9.34. The predicted octanol–water partition coefficient (Wildman–Crippen LogP) is 1.51. The van der Waals surface area contributed by atoms with Crippen molar-refractivity contribution in [3.05, 3.63) is 11.9 Å². The van der Waals surface area contributed by atoms with Crippen molar-refractivity contribution in [1.29, 1.82) is 0 Å². The number of hydrogen-bond acceptors (Lipinski definition) is 11. The summed E-state index contributed by atoms with van der Waals surface area (Å²) in [7, 11) is 0. The Kier molecular flexibility index (Phi) is 9.14. The van der Waals surface area contributed by atoms with Crippen molar-refractivity contribution in [1.82, 2.24) is 15.0 Å². The van der Waals surface area contributed by atoms with E-state index in [-0.39, 0.29) is 12.0 Å². The molecule has 1 fully saturated rings. The number of carbonyl (C=O) groups excluding carboxylic acids is 4. The molecular formula is C22H33N3O9. The zero-order valence-electron chi connectivity index (χ0n) is 20.6. The molecule has 1 aliphatic rings. The molecule has 0 spiro atoms. The maximum absolute atomic E-state index is 11.9. The van der Waals surface area contributed by atoms with Gasteiger partial charge in [-0.1, -0.05) is 26.0 Å². The maximum Gasteiger partial charge on any atom is 0.303 e. The summed E-state index contributed by atoms with van der Waals surface area (Å²) in [5, 5.41) is 8.30. The van der Waals surface area contributed by atoms with E-state index in [9.17, 15) is 19.2 Å². The van der Waals surface area contributed by atoms with Crippen LogP contribution in [-0.4, -0.2) is 69.9 Å². The Labute approximate surface area is 198 Å². The molecule has 2 heterocycles. The second-order valence-corrected chi connectivity index (χ2v) is 9.34. The first kappa shape index (κ1) is 27.2. The van der Waals surface area contributed by atoms with Crippen LogP contribution in [0.25, 0.3) is 0 Å². The van der Waals surface area contributed by atoms with E-state index >= 15 is 0 Å². The van der Waals surface area contributed by atoms with Crippen LogP contribution in [0.3, 0.4) is 0 Å². The molecule has 0 amide bonds. The summed E-state index contributed by atoms with van der Waals surface area (Å²) in [6, 6.07) is 0. The van der Waals surface area contributed by atoms with Crippen LogP contribution in [0.1, 0.15) is 66.8 Å². The van der Waals surface area contributed by atoms with E-state index in [1.165, 1.54) is 32.4 Å². The van der Waals surface area contributed by atoms with E-state index in [4.69, 9.17) is 23.7 Å². The lowest BCUT2D eigenvalue weighted by Gasteiger charge is -2.44. The molecular weight excluding hydrogens is 450 g/mol. The molecule has 2 rings (SSSR count). The lowest BCUT2D eigenvalue weighted by molar-refractivity contribution is -0.270. The number of carbonyl (C=O) groups is 4. The molecule has 1 aromatic rings. The minimum Gasteiger partial charge on any atom is -0.463 e. The van der Waals surface area contributed by atoms with Gasteiger partial charge in [0, 0.05) is 27.7 Å². The van der Waals surface area contributed by atoms with Crippen LogP contribution in [0.15, 0.2) is 6.20 Å². The number of ether oxygens (including phenoxy) is 5. The summed E-state index contributed by atoms with van der Waals surface area (Å²) in [4.78, 5) is 47.1. The van der Waals surface area contributed by atoms with Crippen LogP contribution >= 0.6 is 0 Å². The van der Waals surface area contributed by atoms with Gasteiger partial charge in [0.05, 0.1) is 11.9 Å². The van der Waals surface area contributed by atoms with Gasteiger partial charge in [0.15, 0.2) is 24.5 Å². The monoisotopic (exact) mass is 483 g/mol. The SMILES string of the molecule is CC(=O)OCC1OC(n2cc(CCC(C)(C)C)nn2)C(OC(C)=O)C(OC(C)=O)C1OC(C)=O. The molecule has 5 unspecified atom stereocenters. The molecule has 0 N–H and O–H groups in total. The number of esters is 4. The van der Waals surface area contributed by atoms with Crippen LogP contribution in [0.4, 0.5) is 0 Å². The van der Waals surface area contributed by atoms with Crippen molar-refractivity contribution >= 4 is 23.9 Å². The fourth-order valence-electron chi connectivity index (χ4n) is 3.47. The van der Waals surface area contributed by atoms with Crippen molar-refractivity contribution in [3.8, 4) is 0 Å². The van der Waals surface area contributed by atoms with Crippen molar-refractivity contribution in [2.24, 2.45) is 5.41 Å². The molecule has 0 radical (unpaired) electrons. The van der Waals surface area contributed by atoms with Crippen molar-refractivity contribution in [2.45, 2.75) is 92.0 Å². The third-order valence-electron chi connectivity index (χ3n) is 4.92. The third kappa shape index (κ3) is 8.08. The van der Waals surface area contributed by atoms with Gasteiger partial charge in [-0.05, 0) is 18.3 Å². The average molecular weight is 484 g/mol. The Morgan fingerprint density at radius 1 is 0.912 bits per heavy atom. The van der Waals surface area contributed by atoms with Gasteiger partial charge in [-0.2, -0.15) is 0 Å². The molecule has 5 atom stereocenters. The van der Waals surface area contributed by atoms with Crippen LogP contribution in [0, 0.1) is 5.41 Å². The third-order valence-corrected chi connectivity index (χ3v) is 4.92. The minimum absolute atomic E-state index is 0.0815. The van der Waals surface area contributed by atoms with E-state index in [0.717, 1.165) is 6.42 Å². The summed E-state index contributed by atoms with van der Waals surface area (Å²) in [5.74, 6) is -2.65. The molecule has 0 aromatic carbocycles. The first-order chi connectivity index (χ1) is 15.8. The van der Waals surface area contributed by atoms with E-state index in [2.05, 4.69) is 31.1 Å². The Bertz CT molecular complexity index is 892. The van der Waals surface area contributed by atoms with Gasteiger partial charge in [0.1, 0.15) is 12.7 Å². The molecule has 0 bridgehead atoms. The quantitative estimate of drug-likeness (QED) is 0.392. The van der Waals surface area contributed by atoms with E-state index in [1.54, 1.807) is 6.20 Å². The molecule has 34 heavy (non-hydrogen) atoms. The van der Waals surface area contributed by atoms with Crippen LogP contribution < -0.4 is 0 Å². The Morgan fingerprint density at radius 3 is 2.00 bits per heavy atom. The lowest BCUT2D eigenvalue weighted by Crippen LogP contribution is -2.60. The lowest BCUT2D eigenvalue weighted by atomic mass is 9.90. The topological polar surface area (TPSA) is 145 Å². The highest BCUT2D eigenvalue weighted by atomic mass is 16.7. The molecule has 0 aliphatic carbocycles. The van der Waals surface area contributed by atoms with Gasteiger partial charge in [0.25, 0.3) is 0 Å². The molecule has 190 valence electrons. The Balaban J connectivity index is 2.46. The summed E-state index contributed by atoms with van der Waals surface area (Å²) in [6.45, 7) is 10.8. The maximum atomic E-state index is 11.9. The molecule has 1 aromatic heterocycles. The summed E-state index contributed by atoms with van der Waals surface area (Å²) >= 11 is 0. The molecule has 0 saturated carbocycles. The number of rotatable bonds is 8. The zero-order chi connectivity index (χ0) is 25.6. The molecule has 12 nitrogen and oxygen atoms in total. The average Bonchev–Trinajstić information content (AvgIpc) is 3.15. The predicted molar refractivity (Wildman–Crippen MR) is 115 cm³/mol. The van der Waals surface area contributed by atoms with Gasteiger partial charge in [-0.3, -0.25) is 19.2 Å². The normalized spacial score (nSPS) is 24.7. The van der Waals surface area contributed by atoms with Crippen LogP contribution in [-0.2, 0) is 49.3 Å². The van der Waals surface area contributed by atoms with Crippen molar-refractivity contribution < 1.29 is 42.9 Å². The van der Waals surface area contributed by atoms with Crippen molar-refractivity contribution in [3.63, 3.8) is 0 Å². The van der Waals surface area contributed by atoms with Gasteiger partial charge in [0.2, 0.25) is 0 Å². The van der Waals surface area contributed by atoms with Crippen molar-refractivity contribution in [2.75, 3.05) is 6.61 Å². The van der Waals surface area contributed by atoms with Gasteiger partial charge in [-0.25, -0.2) is 4.68 Å². The highest BCUT2D eigenvalue weighted by molar-refractivity contribution is 5.68. The summed E-state index contributed by atoms with van der Waals surface area (Å²) in [6.07, 6.45) is -2.70. The first-order valence-corrected chi connectivity index (χ1v) is 11.0. The van der Waals surface area contributed by atoms with E-state index in [1.807, 2.05) is 0 Å². The Hall–Kier alpha value is -3.02. The standard InChI is InChI=1S/C22H33N3O9/c1-12(26)30-11-17-18(31-13(2)27)19(32-14(3)28)20(33-15(4)29)21(34-17)25-10-16(23-24-25)8-9-22(5,6)7/h10,17-21H,8-9,11H2,1-7H3. The Morgan fingerprint density at radius 2 is 1.47 bits per heavy atom. The van der Waals surface area contributed by atoms with E-state index < -0.39 is 54.5 Å². The highest BCUT2D eigenvalue weighted by Crippen LogP contribution is 2.34.